The molecular formula is C14H28. The van der Waals surface area contributed by atoms with Crippen molar-refractivity contribution in [2.75, 3.05) is 0 Å². The molecule has 1 aliphatic carbocycles. The van der Waals surface area contributed by atoms with Crippen molar-refractivity contribution in [2.45, 2.75) is 66.2 Å². The standard InChI is InChI=1S/C14H28/c1-5-8-12(6-2)11(4)9-14-10-13(14)7-3/h11-14H,5-10H2,1-4H3. The molecule has 1 fully saturated rings. The van der Waals surface area contributed by atoms with Crippen molar-refractivity contribution in [3.05, 3.63) is 0 Å². The quantitative estimate of drug-likeness (QED) is 0.544. The molecule has 0 aromatic carbocycles. The van der Waals surface area contributed by atoms with Crippen LogP contribution in [0.25, 0.3) is 0 Å². The molecule has 0 amide bonds. The summed E-state index contributed by atoms with van der Waals surface area (Å²) in [6.45, 7) is 9.51. The summed E-state index contributed by atoms with van der Waals surface area (Å²) in [5, 5.41) is 0. The highest BCUT2D eigenvalue weighted by atomic mass is 14.4. The van der Waals surface area contributed by atoms with Gasteiger partial charge in [0.05, 0.1) is 0 Å². The van der Waals surface area contributed by atoms with E-state index in [0.717, 1.165) is 23.7 Å². The number of hydrogen-bond donors (Lipinski definition) is 0. The van der Waals surface area contributed by atoms with Crippen molar-refractivity contribution in [3.63, 3.8) is 0 Å². The van der Waals surface area contributed by atoms with Crippen molar-refractivity contribution in [3.8, 4) is 0 Å². The Hall–Kier alpha value is 0. The highest BCUT2D eigenvalue weighted by molar-refractivity contribution is 4.87. The summed E-state index contributed by atoms with van der Waals surface area (Å²) < 4.78 is 0. The summed E-state index contributed by atoms with van der Waals surface area (Å²) in [6.07, 6.45) is 8.66. The van der Waals surface area contributed by atoms with Gasteiger partial charge in [0.2, 0.25) is 0 Å². The molecule has 0 radical (unpaired) electrons. The van der Waals surface area contributed by atoms with Gasteiger partial charge in [-0.15, -0.1) is 0 Å². The van der Waals surface area contributed by atoms with Crippen LogP contribution in [0.5, 0.6) is 0 Å². The van der Waals surface area contributed by atoms with E-state index >= 15 is 0 Å². The van der Waals surface area contributed by atoms with Gasteiger partial charge in [0.25, 0.3) is 0 Å². The maximum Gasteiger partial charge on any atom is -0.0380 e. The lowest BCUT2D eigenvalue weighted by Crippen LogP contribution is -2.11. The third-order valence-corrected chi connectivity index (χ3v) is 4.26. The molecule has 0 spiro atoms. The van der Waals surface area contributed by atoms with Gasteiger partial charge in [-0.1, -0.05) is 53.4 Å². The number of rotatable bonds is 7. The smallest absolute Gasteiger partial charge is 0.0380 e. The molecule has 0 heterocycles. The largest absolute Gasteiger partial charge is 0.0654 e. The summed E-state index contributed by atoms with van der Waals surface area (Å²) in [6, 6.07) is 0. The van der Waals surface area contributed by atoms with Crippen LogP contribution >= 0.6 is 0 Å². The zero-order valence-corrected chi connectivity index (χ0v) is 10.6. The first-order valence-corrected chi connectivity index (χ1v) is 6.72. The van der Waals surface area contributed by atoms with Crippen LogP contribution < -0.4 is 0 Å². The van der Waals surface area contributed by atoms with Crippen LogP contribution in [0.15, 0.2) is 0 Å². The van der Waals surface area contributed by atoms with Crippen LogP contribution in [-0.2, 0) is 0 Å². The van der Waals surface area contributed by atoms with Crippen LogP contribution in [0.3, 0.4) is 0 Å². The van der Waals surface area contributed by atoms with Crippen molar-refractivity contribution >= 4 is 0 Å². The summed E-state index contributed by atoms with van der Waals surface area (Å²) in [7, 11) is 0. The van der Waals surface area contributed by atoms with Crippen molar-refractivity contribution < 1.29 is 0 Å². The van der Waals surface area contributed by atoms with Crippen molar-refractivity contribution in [1.29, 1.82) is 0 Å². The third-order valence-electron chi connectivity index (χ3n) is 4.26. The predicted molar refractivity (Wildman–Crippen MR) is 64.4 cm³/mol. The molecule has 84 valence electrons. The summed E-state index contributed by atoms with van der Waals surface area (Å²) >= 11 is 0. The molecule has 0 nitrogen and oxygen atoms in total. The topological polar surface area (TPSA) is 0 Å². The van der Waals surface area contributed by atoms with Crippen LogP contribution in [0.1, 0.15) is 66.2 Å². The molecule has 1 aliphatic rings. The molecule has 0 N–H and O–H groups in total. The normalized spacial score (nSPS) is 30.0. The van der Waals surface area contributed by atoms with E-state index in [-0.39, 0.29) is 0 Å². The Bertz CT molecular complexity index is 150. The van der Waals surface area contributed by atoms with Gasteiger partial charge in [0.15, 0.2) is 0 Å². The second-order valence-corrected chi connectivity index (χ2v) is 5.33. The van der Waals surface area contributed by atoms with E-state index in [1.165, 1.54) is 38.5 Å². The molecule has 0 heteroatoms. The molecule has 1 saturated carbocycles. The van der Waals surface area contributed by atoms with Crippen LogP contribution in [-0.4, -0.2) is 0 Å². The molecular weight excluding hydrogens is 168 g/mol. The highest BCUT2D eigenvalue weighted by Crippen LogP contribution is 2.46. The van der Waals surface area contributed by atoms with Gasteiger partial charge in [-0.2, -0.15) is 0 Å². The molecule has 14 heavy (non-hydrogen) atoms. The van der Waals surface area contributed by atoms with Gasteiger partial charge >= 0.3 is 0 Å². The van der Waals surface area contributed by atoms with Crippen LogP contribution in [0.4, 0.5) is 0 Å². The highest BCUT2D eigenvalue weighted by Gasteiger charge is 2.36. The van der Waals surface area contributed by atoms with Gasteiger partial charge in [-0.05, 0) is 36.5 Å². The first-order chi connectivity index (χ1) is 6.72. The van der Waals surface area contributed by atoms with E-state index in [1.54, 1.807) is 0 Å². The Morgan fingerprint density at radius 1 is 1.14 bits per heavy atom. The molecule has 4 unspecified atom stereocenters. The van der Waals surface area contributed by atoms with Crippen LogP contribution in [0.2, 0.25) is 0 Å². The summed E-state index contributed by atoms with van der Waals surface area (Å²) in [4.78, 5) is 0. The lowest BCUT2D eigenvalue weighted by atomic mass is 9.84. The van der Waals surface area contributed by atoms with Gasteiger partial charge in [0, 0.05) is 0 Å². The Morgan fingerprint density at radius 2 is 1.86 bits per heavy atom. The fourth-order valence-electron chi connectivity index (χ4n) is 3.03. The summed E-state index contributed by atoms with van der Waals surface area (Å²) in [5.41, 5.74) is 0. The first kappa shape index (κ1) is 12.1. The van der Waals surface area contributed by atoms with Gasteiger partial charge in [-0.3, -0.25) is 0 Å². The Kier molecular flexibility index (Phi) is 4.98. The lowest BCUT2D eigenvalue weighted by molar-refractivity contribution is 0.290. The molecule has 0 aromatic rings. The molecule has 4 atom stereocenters. The van der Waals surface area contributed by atoms with Crippen LogP contribution in [0, 0.1) is 23.7 Å². The second-order valence-electron chi connectivity index (χ2n) is 5.33. The fraction of sp³-hybridized carbons (Fsp3) is 1.00. The van der Waals surface area contributed by atoms with Crippen molar-refractivity contribution in [1.82, 2.24) is 0 Å². The minimum absolute atomic E-state index is 0.974. The zero-order chi connectivity index (χ0) is 10.6. The zero-order valence-electron chi connectivity index (χ0n) is 10.6. The molecule has 0 bridgehead atoms. The predicted octanol–water partition coefficient (Wildman–Crippen LogP) is 4.89. The van der Waals surface area contributed by atoms with Gasteiger partial charge in [0.1, 0.15) is 0 Å². The fourth-order valence-corrected chi connectivity index (χ4v) is 3.03. The third kappa shape index (κ3) is 3.29. The van der Waals surface area contributed by atoms with E-state index in [4.69, 9.17) is 0 Å². The molecule has 0 aliphatic heterocycles. The van der Waals surface area contributed by atoms with E-state index in [1.807, 2.05) is 0 Å². The number of hydrogen-bond acceptors (Lipinski definition) is 0. The second kappa shape index (κ2) is 5.78. The van der Waals surface area contributed by atoms with Crippen molar-refractivity contribution in [2.24, 2.45) is 23.7 Å². The Labute approximate surface area is 90.5 Å². The lowest BCUT2D eigenvalue weighted by Gasteiger charge is -2.22. The maximum atomic E-state index is 2.48. The maximum absolute atomic E-state index is 2.48. The first-order valence-electron chi connectivity index (χ1n) is 6.72. The van der Waals surface area contributed by atoms with E-state index in [9.17, 15) is 0 Å². The van der Waals surface area contributed by atoms with Gasteiger partial charge in [-0.25, -0.2) is 0 Å². The van der Waals surface area contributed by atoms with Gasteiger partial charge < -0.3 is 0 Å². The Balaban J connectivity index is 2.22. The SMILES string of the molecule is CCCC(CC)C(C)CC1CC1CC. The molecule has 0 saturated heterocycles. The van der Waals surface area contributed by atoms with E-state index in [0.29, 0.717) is 0 Å². The average Bonchev–Trinajstić information content (AvgIpc) is 2.92. The monoisotopic (exact) mass is 196 g/mol. The van der Waals surface area contributed by atoms with E-state index < -0.39 is 0 Å². The summed E-state index contributed by atoms with van der Waals surface area (Å²) in [5.74, 6) is 4.16. The molecule has 1 rings (SSSR count). The van der Waals surface area contributed by atoms with E-state index in [2.05, 4.69) is 27.7 Å². The minimum atomic E-state index is 0.974. The Morgan fingerprint density at radius 3 is 2.29 bits per heavy atom. The average molecular weight is 196 g/mol. The molecule has 0 aromatic heterocycles. The minimum Gasteiger partial charge on any atom is -0.0654 e.